The standard InChI is InChI=1S/C14H25NO6SSi/c1-19-23(20-2,21-3)13-8-14-6-10-15(11-7-14)9-4-5-12-22(16,17)18/h6-7,10-11H,4-5,8-9,12-13H2,1-3H3. The van der Waals surface area contributed by atoms with E-state index in [4.69, 9.17) is 13.3 Å². The number of nitrogens with zero attached hydrogens (tertiary/aromatic N) is 1. The highest BCUT2D eigenvalue weighted by Crippen LogP contribution is 2.16. The molecule has 0 aliphatic carbocycles. The molecule has 23 heavy (non-hydrogen) atoms. The van der Waals surface area contributed by atoms with Crippen molar-refractivity contribution in [1.29, 1.82) is 0 Å². The van der Waals surface area contributed by atoms with Crippen molar-refractivity contribution in [2.75, 3.05) is 27.1 Å². The molecule has 0 unspecified atom stereocenters. The summed E-state index contributed by atoms with van der Waals surface area (Å²) in [7, 11) is -1.86. The number of hydrogen-bond donors (Lipinski definition) is 0. The molecule has 0 atom stereocenters. The average Bonchev–Trinajstić information content (AvgIpc) is 2.54. The van der Waals surface area contributed by atoms with Crippen molar-refractivity contribution in [2.24, 2.45) is 0 Å². The van der Waals surface area contributed by atoms with Crippen LogP contribution in [0.1, 0.15) is 18.4 Å². The number of unbranched alkanes of at least 4 members (excludes halogenated alkanes) is 1. The molecule has 0 saturated carbocycles. The Hall–Kier alpha value is -0.843. The Balaban J connectivity index is 2.44. The van der Waals surface area contributed by atoms with Gasteiger partial charge in [-0.25, -0.2) is 13.0 Å². The van der Waals surface area contributed by atoms with Gasteiger partial charge < -0.3 is 17.8 Å². The molecule has 1 aromatic heterocycles. The molecule has 0 spiro atoms. The van der Waals surface area contributed by atoms with Crippen LogP contribution >= 0.6 is 0 Å². The molecule has 132 valence electrons. The van der Waals surface area contributed by atoms with E-state index in [-0.39, 0.29) is 5.75 Å². The molecule has 0 amide bonds. The van der Waals surface area contributed by atoms with Gasteiger partial charge in [0.2, 0.25) is 0 Å². The lowest BCUT2D eigenvalue weighted by Crippen LogP contribution is -2.43. The van der Waals surface area contributed by atoms with Gasteiger partial charge in [0.25, 0.3) is 0 Å². The summed E-state index contributed by atoms with van der Waals surface area (Å²) in [6, 6.07) is 4.71. The fourth-order valence-corrected chi connectivity index (χ4v) is 4.50. The molecule has 0 radical (unpaired) electrons. The lowest BCUT2D eigenvalue weighted by atomic mass is 10.2. The zero-order chi connectivity index (χ0) is 17.3. The van der Waals surface area contributed by atoms with Crippen molar-refractivity contribution in [3.05, 3.63) is 30.1 Å². The normalized spacial score (nSPS) is 12.5. The predicted octanol–water partition coefficient (Wildman–Crippen LogP) is 0.720. The number of aromatic nitrogens is 1. The third-order valence-corrected chi connectivity index (χ3v) is 7.19. The monoisotopic (exact) mass is 363 g/mol. The van der Waals surface area contributed by atoms with Crippen molar-refractivity contribution < 1.29 is 30.8 Å². The average molecular weight is 364 g/mol. The van der Waals surface area contributed by atoms with Crippen LogP contribution in [0.5, 0.6) is 0 Å². The highest BCUT2D eigenvalue weighted by molar-refractivity contribution is 7.85. The summed E-state index contributed by atoms with van der Waals surface area (Å²) in [6.45, 7) is 0.683. The molecule has 0 aliphatic heterocycles. The molecule has 0 aliphatic rings. The molecule has 0 bridgehead atoms. The van der Waals surface area contributed by atoms with Crippen molar-refractivity contribution in [3.8, 4) is 0 Å². The number of pyridine rings is 1. The van der Waals surface area contributed by atoms with Crippen molar-refractivity contribution in [2.45, 2.75) is 31.9 Å². The van der Waals surface area contributed by atoms with Crippen molar-refractivity contribution >= 4 is 18.9 Å². The number of aryl methyl sites for hydroxylation is 2. The summed E-state index contributed by atoms with van der Waals surface area (Å²) < 4.78 is 49.7. The van der Waals surface area contributed by atoms with Gasteiger partial charge in [0.15, 0.2) is 12.4 Å². The Kier molecular flexibility index (Phi) is 8.30. The van der Waals surface area contributed by atoms with E-state index in [9.17, 15) is 13.0 Å². The third-order valence-electron chi connectivity index (χ3n) is 3.67. The maximum absolute atomic E-state index is 10.5. The van der Waals surface area contributed by atoms with Gasteiger partial charge in [0, 0.05) is 51.7 Å². The summed E-state index contributed by atoms with van der Waals surface area (Å²) in [5.74, 6) is -0.302. The second-order valence-electron chi connectivity index (χ2n) is 5.21. The van der Waals surface area contributed by atoms with Gasteiger partial charge in [0.05, 0.1) is 10.1 Å². The minimum atomic E-state index is -4.11. The summed E-state index contributed by atoms with van der Waals surface area (Å²) in [5.41, 5.74) is 1.14. The Morgan fingerprint density at radius 1 is 1.09 bits per heavy atom. The van der Waals surface area contributed by atoms with Gasteiger partial charge in [-0.2, -0.15) is 0 Å². The van der Waals surface area contributed by atoms with Crippen LogP contribution in [0.15, 0.2) is 24.5 Å². The maximum Gasteiger partial charge on any atom is 0.500 e. The summed E-state index contributed by atoms with van der Waals surface area (Å²) in [6.07, 6.45) is 5.70. The lowest BCUT2D eigenvalue weighted by molar-refractivity contribution is -0.697. The Morgan fingerprint density at radius 3 is 2.13 bits per heavy atom. The van der Waals surface area contributed by atoms with Crippen molar-refractivity contribution in [3.63, 3.8) is 0 Å². The topological polar surface area (TPSA) is 88.8 Å². The van der Waals surface area contributed by atoms with E-state index in [1.165, 1.54) is 0 Å². The highest BCUT2D eigenvalue weighted by Gasteiger charge is 2.37. The van der Waals surface area contributed by atoms with E-state index in [0.29, 0.717) is 25.4 Å². The van der Waals surface area contributed by atoms with Gasteiger partial charge in [-0.1, -0.05) is 0 Å². The molecule has 0 saturated heterocycles. The molecule has 1 heterocycles. The highest BCUT2D eigenvalue weighted by atomic mass is 32.2. The molecule has 0 fully saturated rings. The first-order valence-electron chi connectivity index (χ1n) is 7.41. The third kappa shape index (κ3) is 7.51. The van der Waals surface area contributed by atoms with Crippen LogP contribution in [0, 0.1) is 0 Å². The lowest BCUT2D eigenvalue weighted by Gasteiger charge is -2.24. The zero-order valence-corrected chi connectivity index (χ0v) is 15.7. The number of rotatable bonds is 11. The summed E-state index contributed by atoms with van der Waals surface area (Å²) in [5, 5.41) is 0. The minimum Gasteiger partial charge on any atom is -0.748 e. The van der Waals surface area contributed by atoms with Gasteiger partial charge in [-0.05, 0) is 18.4 Å². The molecular weight excluding hydrogens is 338 g/mol. The summed E-state index contributed by atoms with van der Waals surface area (Å²) >= 11 is 0. The SMILES string of the molecule is CO[Si](CCc1cc[n+](CCCCS(=O)(=O)[O-])cc1)(OC)OC. The molecular formula is C14H25NO6SSi. The first-order valence-corrected chi connectivity index (χ1v) is 10.9. The first kappa shape index (κ1) is 20.2. The Bertz CT molecular complexity index is 551. The van der Waals surface area contributed by atoms with E-state index in [0.717, 1.165) is 12.0 Å². The zero-order valence-electron chi connectivity index (χ0n) is 13.9. The van der Waals surface area contributed by atoms with Crippen LogP contribution in [0.3, 0.4) is 0 Å². The Morgan fingerprint density at radius 2 is 1.65 bits per heavy atom. The second-order valence-corrected chi connectivity index (χ2v) is 9.82. The van der Waals surface area contributed by atoms with Crippen LogP contribution in [-0.4, -0.2) is 48.9 Å². The fourth-order valence-electron chi connectivity index (χ4n) is 2.23. The second kappa shape index (κ2) is 9.45. The van der Waals surface area contributed by atoms with Crippen LogP contribution in [-0.2, 0) is 36.4 Å². The van der Waals surface area contributed by atoms with Gasteiger partial charge >= 0.3 is 8.80 Å². The molecule has 0 aromatic carbocycles. The quantitative estimate of drug-likeness (QED) is 0.249. The molecule has 1 aromatic rings. The minimum absolute atomic E-state index is 0.302. The van der Waals surface area contributed by atoms with E-state index < -0.39 is 18.9 Å². The predicted molar refractivity (Wildman–Crippen MR) is 85.7 cm³/mol. The van der Waals surface area contributed by atoms with Crippen molar-refractivity contribution in [1.82, 2.24) is 0 Å². The molecule has 7 nitrogen and oxygen atoms in total. The van der Waals surface area contributed by atoms with Crippen LogP contribution < -0.4 is 4.57 Å². The molecule has 0 N–H and O–H groups in total. The van der Waals surface area contributed by atoms with E-state index in [1.807, 2.05) is 29.1 Å². The van der Waals surface area contributed by atoms with Gasteiger partial charge in [-0.15, -0.1) is 0 Å². The largest absolute Gasteiger partial charge is 0.748 e. The molecule has 1 rings (SSSR count). The Labute approximate surface area is 139 Å². The first-order chi connectivity index (χ1) is 10.8. The van der Waals surface area contributed by atoms with E-state index in [2.05, 4.69) is 0 Å². The van der Waals surface area contributed by atoms with E-state index in [1.54, 1.807) is 21.3 Å². The molecule has 9 heteroatoms. The summed E-state index contributed by atoms with van der Waals surface area (Å²) in [4.78, 5) is 0. The van der Waals surface area contributed by atoms with E-state index >= 15 is 0 Å². The smallest absolute Gasteiger partial charge is 0.500 e. The van der Waals surface area contributed by atoms with Gasteiger partial charge in [0.1, 0.15) is 6.54 Å². The van der Waals surface area contributed by atoms with Gasteiger partial charge in [-0.3, -0.25) is 0 Å². The maximum atomic E-state index is 10.5. The van der Waals surface area contributed by atoms with Crippen LogP contribution in [0.4, 0.5) is 0 Å². The fraction of sp³-hybridized carbons (Fsp3) is 0.643. The van der Waals surface area contributed by atoms with Crippen LogP contribution in [0.2, 0.25) is 6.04 Å². The van der Waals surface area contributed by atoms with Crippen LogP contribution in [0.25, 0.3) is 0 Å². The number of hydrogen-bond acceptors (Lipinski definition) is 6.